The van der Waals surface area contributed by atoms with Gasteiger partial charge in [0.15, 0.2) is 0 Å². The highest BCUT2D eigenvalue weighted by Crippen LogP contribution is 2.31. The Kier molecular flexibility index (Phi) is 7.51. The van der Waals surface area contributed by atoms with E-state index < -0.39 is 30.0 Å². The van der Waals surface area contributed by atoms with E-state index >= 15 is 0 Å². The molecule has 2 heterocycles. The van der Waals surface area contributed by atoms with Gasteiger partial charge in [0.25, 0.3) is 0 Å². The van der Waals surface area contributed by atoms with E-state index in [4.69, 9.17) is 0 Å². The molecule has 36 heavy (non-hydrogen) atoms. The van der Waals surface area contributed by atoms with Gasteiger partial charge in [-0.3, -0.25) is 14.3 Å². The second-order valence-corrected chi connectivity index (χ2v) is 8.65. The van der Waals surface area contributed by atoms with E-state index in [1.165, 1.54) is 23.5 Å². The van der Waals surface area contributed by atoms with E-state index in [1.54, 1.807) is 30.1 Å². The van der Waals surface area contributed by atoms with Gasteiger partial charge in [-0.15, -0.1) is 0 Å². The van der Waals surface area contributed by atoms with Crippen molar-refractivity contribution in [2.45, 2.75) is 31.3 Å². The third-order valence-electron chi connectivity index (χ3n) is 6.28. The van der Waals surface area contributed by atoms with Crippen LogP contribution in [0.3, 0.4) is 0 Å². The number of anilines is 2. The van der Waals surface area contributed by atoms with E-state index in [0.29, 0.717) is 12.2 Å². The number of amides is 1. The van der Waals surface area contributed by atoms with Crippen molar-refractivity contribution in [2.24, 2.45) is 5.92 Å². The maximum Gasteiger partial charge on any atom is 0.250 e. The molecular weight excluding hydrogens is 467 g/mol. The monoisotopic (exact) mass is 494 g/mol. The molecule has 0 spiro atoms. The molecule has 1 aliphatic carbocycles. The molecule has 1 aliphatic rings. The van der Waals surface area contributed by atoms with Gasteiger partial charge in [0.2, 0.25) is 11.7 Å². The molecule has 3 aromatic rings. The van der Waals surface area contributed by atoms with Crippen molar-refractivity contribution >= 4 is 23.2 Å². The Morgan fingerprint density at radius 3 is 2.89 bits per heavy atom. The van der Waals surface area contributed by atoms with Crippen LogP contribution in [0.2, 0.25) is 0 Å². The lowest BCUT2D eigenvalue weighted by Crippen LogP contribution is -2.32. The summed E-state index contributed by atoms with van der Waals surface area (Å²) in [4.78, 5) is 34.6. The molecule has 0 bridgehead atoms. The largest absolute Gasteiger partial charge is 0.396 e. The summed E-state index contributed by atoms with van der Waals surface area (Å²) in [5.41, 5.74) is 1.84. The number of rotatable bonds is 9. The first-order valence-corrected chi connectivity index (χ1v) is 11.4. The molecule has 0 unspecified atom stereocenters. The van der Waals surface area contributed by atoms with Crippen molar-refractivity contribution in [3.05, 3.63) is 78.5 Å². The number of aromatic nitrogens is 4. The maximum atomic E-state index is 14.5. The van der Waals surface area contributed by atoms with Gasteiger partial charge < -0.3 is 20.4 Å². The first-order valence-electron chi connectivity index (χ1n) is 11.4. The zero-order chi connectivity index (χ0) is 25.8. The van der Waals surface area contributed by atoms with Crippen LogP contribution in [0.15, 0.2) is 61.7 Å². The van der Waals surface area contributed by atoms with Crippen LogP contribution in [0, 0.1) is 5.92 Å². The maximum absolute atomic E-state index is 14.5. The summed E-state index contributed by atoms with van der Waals surface area (Å²) in [7, 11) is 1.66. The molecule has 1 aromatic carbocycles. The minimum Gasteiger partial charge on any atom is -0.396 e. The molecule has 1 amide bonds. The van der Waals surface area contributed by atoms with E-state index in [0.717, 1.165) is 5.56 Å². The fraction of sp³-hybridized carbons (Fsp3) is 0.320. The molecule has 1 fully saturated rings. The Hall–Kier alpha value is -3.96. The van der Waals surface area contributed by atoms with Gasteiger partial charge in [0.05, 0.1) is 24.3 Å². The van der Waals surface area contributed by atoms with E-state index in [9.17, 15) is 24.2 Å². The van der Waals surface area contributed by atoms with Crippen LogP contribution in [0.1, 0.15) is 28.0 Å². The molecule has 0 radical (unpaired) electrons. The molecular formula is C25H27FN6O4. The number of nitrogens with one attached hydrogen (secondary N) is 1. The average molecular weight is 495 g/mol. The van der Waals surface area contributed by atoms with Gasteiger partial charge >= 0.3 is 0 Å². The third-order valence-corrected chi connectivity index (χ3v) is 6.28. The van der Waals surface area contributed by atoms with Crippen LogP contribution < -0.4 is 10.2 Å². The number of hydrogen-bond acceptors (Lipinski definition) is 8. The predicted octanol–water partition coefficient (Wildman–Crippen LogP) is 1.59. The van der Waals surface area contributed by atoms with Crippen molar-refractivity contribution in [2.75, 3.05) is 23.9 Å². The fourth-order valence-corrected chi connectivity index (χ4v) is 4.22. The number of aliphatic hydroxyl groups excluding tert-OH is 2. The normalized spacial score (nSPS) is 21.2. The standard InChI is InChI=1S/C25H27FN6O4/c1-3-21(34)31(2)17-6-4-5-15(9-17)12-32-8-7-19(30-32)24(36)18-11-27-14-28-25(18)29-20-10-16(13-33)23(35)22(20)26/h3-9,11,14,16,20,22-23,33,35H,1,10,12-13H2,2H3,(H,27,28,29)/t16-,20-,22-,23-/m1/s1. The second-order valence-electron chi connectivity index (χ2n) is 8.65. The Labute approximate surface area is 207 Å². The summed E-state index contributed by atoms with van der Waals surface area (Å²) < 4.78 is 16.1. The average Bonchev–Trinajstić information content (AvgIpc) is 3.47. The van der Waals surface area contributed by atoms with Gasteiger partial charge in [0.1, 0.15) is 24.0 Å². The van der Waals surface area contributed by atoms with Crippen LogP contribution in [0.5, 0.6) is 0 Å². The molecule has 1 saturated carbocycles. The highest BCUT2D eigenvalue weighted by atomic mass is 19.1. The van der Waals surface area contributed by atoms with Crippen molar-refractivity contribution in [3.63, 3.8) is 0 Å². The molecule has 2 aromatic heterocycles. The minimum absolute atomic E-state index is 0.114. The lowest BCUT2D eigenvalue weighted by molar-refractivity contribution is -0.113. The van der Waals surface area contributed by atoms with Gasteiger partial charge in [-0.05, 0) is 36.3 Å². The van der Waals surface area contributed by atoms with Gasteiger partial charge in [0, 0.05) is 37.7 Å². The smallest absolute Gasteiger partial charge is 0.250 e. The lowest BCUT2D eigenvalue weighted by atomic mass is 10.1. The molecule has 10 nitrogen and oxygen atoms in total. The van der Waals surface area contributed by atoms with Crippen LogP contribution in [0.25, 0.3) is 0 Å². The number of halogens is 1. The molecule has 188 valence electrons. The zero-order valence-corrected chi connectivity index (χ0v) is 19.7. The number of alkyl halides is 1. The highest BCUT2D eigenvalue weighted by molar-refractivity contribution is 6.10. The fourth-order valence-electron chi connectivity index (χ4n) is 4.22. The second kappa shape index (κ2) is 10.8. The van der Waals surface area contributed by atoms with Crippen molar-refractivity contribution in [1.29, 1.82) is 0 Å². The third kappa shape index (κ3) is 5.16. The van der Waals surface area contributed by atoms with Crippen LogP contribution in [0.4, 0.5) is 15.9 Å². The molecule has 4 atom stereocenters. The van der Waals surface area contributed by atoms with Gasteiger partial charge in [-0.1, -0.05) is 18.7 Å². The Morgan fingerprint density at radius 2 is 2.17 bits per heavy atom. The first-order chi connectivity index (χ1) is 17.3. The van der Waals surface area contributed by atoms with Crippen molar-refractivity contribution < 1.29 is 24.2 Å². The molecule has 11 heteroatoms. The Bertz CT molecular complexity index is 1260. The zero-order valence-electron chi connectivity index (χ0n) is 19.7. The molecule has 3 N–H and O–H groups in total. The summed E-state index contributed by atoms with van der Waals surface area (Å²) in [5, 5.41) is 26.6. The minimum atomic E-state index is -1.61. The first kappa shape index (κ1) is 25.1. The molecule has 4 rings (SSSR count). The van der Waals surface area contributed by atoms with E-state index in [2.05, 4.69) is 27.0 Å². The highest BCUT2D eigenvalue weighted by Gasteiger charge is 2.43. The number of aliphatic hydroxyl groups is 2. The summed E-state index contributed by atoms with van der Waals surface area (Å²) in [6, 6.07) is 8.12. The SMILES string of the molecule is C=CC(=O)N(C)c1cccc(Cn2ccc(C(=O)c3cncnc3N[C@@H]3C[C@H](CO)[C@@H](O)[C@@H]3F)n2)c1. The predicted molar refractivity (Wildman–Crippen MR) is 130 cm³/mol. The van der Waals surface area contributed by atoms with Crippen molar-refractivity contribution in [1.82, 2.24) is 19.7 Å². The van der Waals surface area contributed by atoms with E-state index in [-0.39, 0.29) is 36.0 Å². The molecule has 0 aliphatic heterocycles. The summed E-state index contributed by atoms with van der Waals surface area (Å²) in [5.74, 6) is -1.14. The van der Waals surface area contributed by atoms with Crippen LogP contribution in [-0.2, 0) is 11.3 Å². The van der Waals surface area contributed by atoms with E-state index in [1.807, 2.05) is 18.2 Å². The topological polar surface area (TPSA) is 133 Å². The molecule has 0 saturated heterocycles. The number of carbonyl (C=O) groups excluding carboxylic acids is 2. The number of ketones is 1. The quantitative estimate of drug-likeness (QED) is 0.302. The summed E-state index contributed by atoms with van der Waals surface area (Å²) in [6.07, 6.45) is 2.75. The number of likely N-dealkylation sites (N-methyl/N-ethyl adjacent to an activating group) is 1. The Balaban J connectivity index is 1.49. The van der Waals surface area contributed by atoms with Gasteiger partial charge in [-0.2, -0.15) is 5.10 Å². The van der Waals surface area contributed by atoms with Crippen LogP contribution in [-0.4, -0.2) is 73.6 Å². The lowest BCUT2D eigenvalue weighted by Gasteiger charge is -2.18. The van der Waals surface area contributed by atoms with Crippen molar-refractivity contribution in [3.8, 4) is 0 Å². The number of hydrogen-bond donors (Lipinski definition) is 3. The van der Waals surface area contributed by atoms with Crippen LogP contribution >= 0.6 is 0 Å². The number of carbonyl (C=O) groups is 2. The number of nitrogens with zero attached hydrogens (tertiary/aromatic N) is 5. The summed E-state index contributed by atoms with van der Waals surface area (Å²) in [6.45, 7) is 3.52. The Morgan fingerprint density at radius 1 is 1.36 bits per heavy atom. The summed E-state index contributed by atoms with van der Waals surface area (Å²) >= 11 is 0. The number of benzene rings is 1. The van der Waals surface area contributed by atoms with Gasteiger partial charge in [-0.25, -0.2) is 14.4 Å².